The van der Waals surface area contributed by atoms with Gasteiger partial charge in [0.15, 0.2) is 0 Å². The van der Waals surface area contributed by atoms with E-state index in [1.54, 1.807) is 4.90 Å². The topological polar surface area (TPSA) is 44.1 Å². The minimum absolute atomic E-state index is 0.0276. The molecular formula is C22H26N2O. The standard InChI is InChI=1S/C22H26N2O/c1-5-24(20-9-7-6-8-10-20)21(25)15-18(16-23)17-11-13-19(14-12-17)22(2,3)4/h6-14,18H,5,15H2,1-4H3. The third kappa shape index (κ3) is 4.70. The van der Waals surface area contributed by atoms with Gasteiger partial charge in [0.2, 0.25) is 5.91 Å². The van der Waals surface area contributed by atoms with Crippen molar-refractivity contribution in [3.8, 4) is 6.07 Å². The summed E-state index contributed by atoms with van der Waals surface area (Å²) >= 11 is 0. The van der Waals surface area contributed by atoms with Crippen LogP contribution in [0.2, 0.25) is 0 Å². The third-order valence-electron chi connectivity index (χ3n) is 4.40. The summed E-state index contributed by atoms with van der Waals surface area (Å²) in [6, 6.07) is 19.9. The van der Waals surface area contributed by atoms with Gasteiger partial charge in [-0.1, -0.05) is 63.2 Å². The number of hydrogen-bond acceptors (Lipinski definition) is 2. The monoisotopic (exact) mass is 334 g/mol. The number of nitrogens with zero attached hydrogens (tertiary/aromatic N) is 2. The molecule has 0 saturated carbocycles. The lowest BCUT2D eigenvalue weighted by atomic mass is 9.85. The van der Waals surface area contributed by atoms with E-state index in [1.807, 2.05) is 49.4 Å². The highest BCUT2D eigenvalue weighted by atomic mass is 16.2. The van der Waals surface area contributed by atoms with Crippen molar-refractivity contribution >= 4 is 11.6 Å². The first kappa shape index (κ1) is 18.7. The zero-order valence-corrected chi connectivity index (χ0v) is 15.5. The van der Waals surface area contributed by atoms with Gasteiger partial charge in [-0.05, 0) is 35.6 Å². The summed E-state index contributed by atoms with van der Waals surface area (Å²) in [5, 5.41) is 9.56. The van der Waals surface area contributed by atoms with Crippen LogP contribution in [0.25, 0.3) is 0 Å². The fourth-order valence-electron chi connectivity index (χ4n) is 2.85. The highest BCUT2D eigenvalue weighted by molar-refractivity contribution is 5.94. The fraction of sp³-hybridized carbons (Fsp3) is 0.364. The lowest BCUT2D eigenvalue weighted by Crippen LogP contribution is -2.31. The maximum absolute atomic E-state index is 12.7. The first-order valence-corrected chi connectivity index (χ1v) is 8.72. The maximum atomic E-state index is 12.7. The average Bonchev–Trinajstić information content (AvgIpc) is 2.60. The summed E-state index contributed by atoms with van der Waals surface area (Å²) in [7, 11) is 0. The van der Waals surface area contributed by atoms with Crippen molar-refractivity contribution in [2.24, 2.45) is 0 Å². The van der Waals surface area contributed by atoms with Gasteiger partial charge in [-0.15, -0.1) is 0 Å². The van der Waals surface area contributed by atoms with Crippen molar-refractivity contribution in [3.05, 3.63) is 65.7 Å². The average molecular weight is 334 g/mol. The van der Waals surface area contributed by atoms with E-state index in [0.29, 0.717) is 6.54 Å². The number of amides is 1. The molecule has 25 heavy (non-hydrogen) atoms. The van der Waals surface area contributed by atoms with E-state index in [9.17, 15) is 10.1 Å². The molecule has 0 aliphatic rings. The Morgan fingerprint density at radius 1 is 1.08 bits per heavy atom. The molecule has 0 aromatic heterocycles. The van der Waals surface area contributed by atoms with E-state index in [0.717, 1.165) is 11.3 Å². The van der Waals surface area contributed by atoms with Gasteiger partial charge in [0.05, 0.1) is 12.0 Å². The molecule has 0 saturated heterocycles. The second-order valence-corrected chi connectivity index (χ2v) is 7.23. The molecule has 0 aliphatic heterocycles. The largest absolute Gasteiger partial charge is 0.313 e. The van der Waals surface area contributed by atoms with Crippen LogP contribution in [0.4, 0.5) is 5.69 Å². The number of hydrogen-bond donors (Lipinski definition) is 0. The van der Waals surface area contributed by atoms with Crippen molar-refractivity contribution in [2.45, 2.75) is 45.4 Å². The number of anilines is 1. The Balaban J connectivity index is 2.16. The van der Waals surface area contributed by atoms with Crippen molar-refractivity contribution in [3.63, 3.8) is 0 Å². The van der Waals surface area contributed by atoms with Gasteiger partial charge in [-0.2, -0.15) is 5.26 Å². The second kappa shape index (κ2) is 7.98. The molecule has 3 nitrogen and oxygen atoms in total. The molecule has 130 valence electrons. The quantitative estimate of drug-likeness (QED) is 0.769. The van der Waals surface area contributed by atoms with Crippen LogP contribution in [0.15, 0.2) is 54.6 Å². The van der Waals surface area contributed by atoms with E-state index in [1.165, 1.54) is 5.56 Å². The Morgan fingerprint density at radius 2 is 1.68 bits per heavy atom. The smallest absolute Gasteiger partial charge is 0.228 e. The van der Waals surface area contributed by atoms with E-state index in [-0.39, 0.29) is 17.7 Å². The Labute approximate surface area is 150 Å². The van der Waals surface area contributed by atoms with Crippen LogP contribution in [0.3, 0.4) is 0 Å². The number of carbonyl (C=O) groups excluding carboxylic acids is 1. The first-order valence-electron chi connectivity index (χ1n) is 8.72. The molecule has 2 aromatic carbocycles. The van der Waals surface area contributed by atoms with Crippen LogP contribution in [0, 0.1) is 11.3 Å². The first-order chi connectivity index (χ1) is 11.9. The van der Waals surface area contributed by atoms with Gasteiger partial charge < -0.3 is 4.90 Å². The SMILES string of the molecule is CCN(C(=O)CC(C#N)c1ccc(C(C)(C)C)cc1)c1ccccc1. The predicted octanol–water partition coefficient (Wildman–Crippen LogP) is 5.03. The van der Waals surface area contributed by atoms with Crippen molar-refractivity contribution < 1.29 is 4.79 Å². The van der Waals surface area contributed by atoms with E-state index >= 15 is 0 Å². The van der Waals surface area contributed by atoms with E-state index < -0.39 is 5.92 Å². The summed E-state index contributed by atoms with van der Waals surface area (Å²) in [4.78, 5) is 14.4. The van der Waals surface area contributed by atoms with Crippen molar-refractivity contribution in [2.75, 3.05) is 11.4 Å². The number of carbonyl (C=O) groups is 1. The summed E-state index contributed by atoms with van der Waals surface area (Å²) in [6.07, 6.45) is 0.189. The molecule has 0 N–H and O–H groups in total. The molecule has 3 heteroatoms. The number of para-hydroxylation sites is 1. The van der Waals surface area contributed by atoms with Crippen LogP contribution >= 0.6 is 0 Å². The minimum atomic E-state index is -0.431. The zero-order chi connectivity index (χ0) is 18.4. The van der Waals surface area contributed by atoms with Crippen LogP contribution in [0.1, 0.15) is 51.2 Å². The van der Waals surface area contributed by atoms with E-state index in [2.05, 4.69) is 39.0 Å². The van der Waals surface area contributed by atoms with Gasteiger partial charge >= 0.3 is 0 Å². The van der Waals surface area contributed by atoms with Gasteiger partial charge in [0.1, 0.15) is 0 Å². The lowest BCUT2D eigenvalue weighted by Gasteiger charge is -2.23. The van der Waals surface area contributed by atoms with Crippen LogP contribution in [0.5, 0.6) is 0 Å². The third-order valence-corrected chi connectivity index (χ3v) is 4.40. The lowest BCUT2D eigenvalue weighted by molar-refractivity contribution is -0.118. The molecule has 0 spiro atoms. The molecule has 0 fully saturated rings. The fourth-order valence-corrected chi connectivity index (χ4v) is 2.85. The van der Waals surface area contributed by atoms with Gasteiger partial charge in [-0.3, -0.25) is 4.79 Å². The van der Waals surface area contributed by atoms with Crippen LogP contribution in [-0.4, -0.2) is 12.5 Å². The van der Waals surface area contributed by atoms with Crippen molar-refractivity contribution in [1.82, 2.24) is 0 Å². The molecule has 1 atom stereocenters. The molecule has 0 aliphatic carbocycles. The molecule has 0 radical (unpaired) electrons. The Hall–Kier alpha value is -2.60. The number of benzene rings is 2. The van der Waals surface area contributed by atoms with Gasteiger partial charge in [0.25, 0.3) is 0 Å². The number of nitriles is 1. The Kier molecular flexibility index (Phi) is 5.98. The summed E-state index contributed by atoms with van der Waals surface area (Å²) in [5.41, 5.74) is 3.06. The van der Waals surface area contributed by atoms with E-state index in [4.69, 9.17) is 0 Å². The molecule has 2 aromatic rings. The Morgan fingerprint density at radius 3 is 2.16 bits per heavy atom. The second-order valence-electron chi connectivity index (χ2n) is 7.23. The Bertz CT molecular complexity index is 736. The highest BCUT2D eigenvalue weighted by Crippen LogP contribution is 2.26. The summed E-state index contributed by atoms with van der Waals surface area (Å²) in [5.74, 6) is -0.459. The van der Waals surface area contributed by atoms with Crippen LogP contribution in [-0.2, 0) is 10.2 Å². The molecule has 2 rings (SSSR count). The maximum Gasteiger partial charge on any atom is 0.228 e. The van der Waals surface area contributed by atoms with Gasteiger partial charge in [-0.25, -0.2) is 0 Å². The van der Waals surface area contributed by atoms with Gasteiger partial charge in [0, 0.05) is 18.7 Å². The molecular weight excluding hydrogens is 308 g/mol. The molecule has 1 amide bonds. The summed E-state index contributed by atoms with van der Waals surface area (Å²) < 4.78 is 0. The van der Waals surface area contributed by atoms with Crippen molar-refractivity contribution in [1.29, 1.82) is 5.26 Å². The molecule has 0 bridgehead atoms. The minimum Gasteiger partial charge on any atom is -0.313 e. The molecule has 1 unspecified atom stereocenters. The molecule has 0 heterocycles. The highest BCUT2D eigenvalue weighted by Gasteiger charge is 2.21. The van der Waals surface area contributed by atoms with Crippen LogP contribution < -0.4 is 4.90 Å². The summed E-state index contributed by atoms with van der Waals surface area (Å²) in [6.45, 7) is 9.01. The number of rotatable bonds is 5. The normalized spacial score (nSPS) is 12.3. The predicted molar refractivity (Wildman–Crippen MR) is 103 cm³/mol. The zero-order valence-electron chi connectivity index (χ0n) is 15.5.